The lowest BCUT2D eigenvalue weighted by atomic mass is 10.00. The average molecular weight is 292 g/mol. The SMILES string of the molecule is CNc1nc(N2CCOCC2)nc(N2CCC(C)CC2)n1. The van der Waals surface area contributed by atoms with E-state index in [0.717, 1.165) is 57.2 Å². The van der Waals surface area contributed by atoms with Crippen LogP contribution in [0.1, 0.15) is 19.8 Å². The maximum Gasteiger partial charge on any atom is 0.232 e. The van der Waals surface area contributed by atoms with Crippen molar-refractivity contribution in [1.29, 1.82) is 0 Å². The number of hydrogen-bond donors (Lipinski definition) is 1. The van der Waals surface area contributed by atoms with Crippen molar-refractivity contribution in [2.45, 2.75) is 19.8 Å². The number of morpholine rings is 1. The first-order chi connectivity index (χ1) is 10.3. The molecule has 2 aliphatic heterocycles. The highest BCUT2D eigenvalue weighted by Crippen LogP contribution is 2.22. The van der Waals surface area contributed by atoms with Crippen molar-refractivity contribution < 1.29 is 4.74 Å². The molecular weight excluding hydrogens is 268 g/mol. The summed E-state index contributed by atoms with van der Waals surface area (Å²) in [4.78, 5) is 18.2. The lowest BCUT2D eigenvalue weighted by molar-refractivity contribution is 0.122. The summed E-state index contributed by atoms with van der Waals surface area (Å²) in [5.74, 6) is 2.99. The molecule has 0 unspecified atom stereocenters. The predicted octanol–water partition coefficient (Wildman–Crippen LogP) is 0.986. The lowest BCUT2D eigenvalue weighted by Crippen LogP contribution is -2.39. The second-order valence-corrected chi connectivity index (χ2v) is 5.78. The van der Waals surface area contributed by atoms with Gasteiger partial charge in [-0.1, -0.05) is 6.92 Å². The third kappa shape index (κ3) is 3.34. The minimum Gasteiger partial charge on any atom is -0.378 e. The number of rotatable bonds is 3. The lowest BCUT2D eigenvalue weighted by Gasteiger charge is -2.32. The van der Waals surface area contributed by atoms with Crippen molar-refractivity contribution in [3.05, 3.63) is 0 Å². The first kappa shape index (κ1) is 14.3. The molecule has 0 radical (unpaired) electrons. The molecule has 0 spiro atoms. The van der Waals surface area contributed by atoms with Gasteiger partial charge in [-0.3, -0.25) is 0 Å². The van der Waals surface area contributed by atoms with E-state index < -0.39 is 0 Å². The summed E-state index contributed by atoms with van der Waals surface area (Å²) in [6, 6.07) is 0. The molecule has 7 heteroatoms. The highest BCUT2D eigenvalue weighted by molar-refractivity contribution is 5.45. The summed E-state index contributed by atoms with van der Waals surface area (Å²) < 4.78 is 5.40. The molecule has 3 heterocycles. The third-order valence-corrected chi connectivity index (χ3v) is 4.20. The van der Waals surface area contributed by atoms with Crippen LogP contribution in [0, 0.1) is 5.92 Å². The zero-order valence-electron chi connectivity index (χ0n) is 12.9. The summed E-state index contributed by atoms with van der Waals surface area (Å²) in [7, 11) is 1.85. The van der Waals surface area contributed by atoms with Crippen LogP contribution in [0.3, 0.4) is 0 Å². The number of anilines is 3. The van der Waals surface area contributed by atoms with Crippen LogP contribution in [-0.2, 0) is 4.74 Å². The van der Waals surface area contributed by atoms with Gasteiger partial charge >= 0.3 is 0 Å². The smallest absolute Gasteiger partial charge is 0.232 e. The highest BCUT2D eigenvalue weighted by atomic mass is 16.5. The Balaban J connectivity index is 1.82. The van der Waals surface area contributed by atoms with Crippen LogP contribution in [0.5, 0.6) is 0 Å². The second-order valence-electron chi connectivity index (χ2n) is 5.78. The van der Waals surface area contributed by atoms with E-state index in [1.54, 1.807) is 0 Å². The van der Waals surface area contributed by atoms with Gasteiger partial charge in [0.1, 0.15) is 0 Å². The first-order valence-electron chi connectivity index (χ1n) is 7.77. The van der Waals surface area contributed by atoms with E-state index in [9.17, 15) is 0 Å². The Morgan fingerprint density at radius 3 is 2.10 bits per heavy atom. The van der Waals surface area contributed by atoms with Gasteiger partial charge in [-0.25, -0.2) is 0 Å². The fourth-order valence-corrected chi connectivity index (χ4v) is 2.72. The van der Waals surface area contributed by atoms with Crippen LogP contribution >= 0.6 is 0 Å². The largest absolute Gasteiger partial charge is 0.378 e. The minimum atomic E-state index is 0.639. The summed E-state index contributed by atoms with van der Waals surface area (Å²) in [5, 5.41) is 3.05. The standard InChI is InChI=1S/C14H24N6O/c1-11-3-5-19(6-4-11)13-16-12(15-2)17-14(18-13)20-7-9-21-10-8-20/h11H,3-10H2,1-2H3,(H,15,16,17,18). The van der Waals surface area contributed by atoms with Crippen LogP contribution in [0.4, 0.5) is 17.8 Å². The van der Waals surface area contributed by atoms with Gasteiger partial charge in [0.25, 0.3) is 0 Å². The van der Waals surface area contributed by atoms with Gasteiger partial charge in [0.2, 0.25) is 17.8 Å². The van der Waals surface area contributed by atoms with E-state index in [4.69, 9.17) is 4.74 Å². The molecule has 3 rings (SSSR count). The van der Waals surface area contributed by atoms with Gasteiger partial charge < -0.3 is 19.9 Å². The van der Waals surface area contributed by atoms with Crippen molar-refractivity contribution in [2.75, 3.05) is 61.6 Å². The van der Waals surface area contributed by atoms with Crippen molar-refractivity contribution >= 4 is 17.8 Å². The van der Waals surface area contributed by atoms with E-state index in [1.807, 2.05) is 7.05 Å². The monoisotopic (exact) mass is 292 g/mol. The Bertz CT molecular complexity index is 469. The van der Waals surface area contributed by atoms with Crippen LogP contribution in [-0.4, -0.2) is 61.4 Å². The van der Waals surface area contributed by atoms with Gasteiger partial charge in [-0.2, -0.15) is 15.0 Å². The quantitative estimate of drug-likeness (QED) is 0.891. The van der Waals surface area contributed by atoms with Gasteiger partial charge in [0, 0.05) is 33.2 Å². The molecular formula is C14H24N6O. The van der Waals surface area contributed by atoms with E-state index in [-0.39, 0.29) is 0 Å². The van der Waals surface area contributed by atoms with Crippen molar-refractivity contribution in [3.63, 3.8) is 0 Å². The van der Waals surface area contributed by atoms with E-state index in [0.29, 0.717) is 5.95 Å². The molecule has 0 amide bonds. The topological polar surface area (TPSA) is 66.4 Å². The Morgan fingerprint density at radius 1 is 0.952 bits per heavy atom. The van der Waals surface area contributed by atoms with E-state index in [1.165, 1.54) is 12.8 Å². The van der Waals surface area contributed by atoms with Crippen molar-refractivity contribution in [1.82, 2.24) is 15.0 Å². The van der Waals surface area contributed by atoms with Crippen LogP contribution in [0.15, 0.2) is 0 Å². The molecule has 2 saturated heterocycles. The molecule has 0 aliphatic carbocycles. The Kier molecular flexibility index (Phi) is 4.38. The van der Waals surface area contributed by atoms with Crippen molar-refractivity contribution in [3.8, 4) is 0 Å². The summed E-state index contributed by atoms with van der Waals surface area (Å²) >= 11 is 0. The third-order valence-electron chi connectivity index (χ3n) is 4.20. The molecule has 1 N–H and O–H groups in total. The van der Waals surface area contributed by atoms with E-state index >= 15 is 0 Å². The molecule has 21 heavy (non-hydrogen) atoms. The van der Waals surface area contributed by atoms with Crippen LogP contribution < -0.4 is 15.1 Å². The maximum absolute atomic E-state index is 5.40. The van der Waals surface area contributed by atoms with E-state index in [2.05, 4.69) is 37.0 Å². The highest BCUT2D eigenvalue weighted by Gasteiger charge is 2.21. The first-order valence-corrected chi connectivity index (χ1v) is 7.77. The van der Waals surface area contributed by atoms with Crippen LogP contribution in [0.25, 0.3) is 0 Å². The fourth-order valence-electron chi connectivity index (χ4n) is 2.72. The molecule has 0 bridgehead atoms. The molecule has 0 aromatic carbocycles. The van der Waals surface area contributed by atoms with Gasteiger partial charge in [0.15, 0.2) is 0 Å². The van der Waals surface area contributed by atoms with Crippen molar-refractivity contribution in [2.24, 2.45) is 5.92 Å². The normalized spacial score (nSPS) is 20.7. The second kappa shape index (κ2) is 6.43. The fraction of sp³-hybridized carbons (Fsp3) is 0.786. The number of nitrogens with one attached hydrogen (secondary N) is 1. The molecule has 1 aromatic rings. The number of piperidine rings is 1. The Hall–Kier alpha value is -1.63. The number of ether oxygens (including phenoxy) is 1. The van der Waals surface area contributed by atoms with Gasteiger partial charge in [-0.15, -0.1) is 0 Å². The predicted molar refractivity (Wildman–Crippen MR) is 83.0 cm³/mol. The zero-order chi connectivity index (χ0) is 14.7. The molecule has 7 nitrogen and oxygen atoms in total. The number of aromatic nitrogens is 3. The maximum atomic E-state index is 5.40. The molecule has 116 valence electrons. The summed E-state index contributed by atoms with van der Waals surface area (Å²) in [5.41, 5.74) is 0. The molecule has 2 aliphatic rings. The number of hydrogen-bond acceptors (Lipinski definition) is 7. The molecule has 0 saturated carbocycles. The molecule has 1 aromatic heterocycles. The summed E-state index contributed by atoms with van der Waals surface area (Å²) in [6.07, 6.45) is 2.40. The minimum absolute atomic E-state index is 0.639. The Morgan fingerprint density at radius 2 is 1.52 bits per heavy atom. The summed E-state index contributed by atoms with van der Waals surface area (Å²) in [6.45, 7) is 7.50. The molecule has 2 fully saturated rings. The van der Waals surface area contributed by atoms with Gasteiger partial charge in [0.05, 0.1) is 13.2 Å². The molecule has 0 atom stereocenters. The number of nitrogens with zero attached hydrogens (tertiary/aromatic N) is 5. The average Bonchev–Trinajstić information content (AvgIpc) is 2.56. The Labute approximate surface area is 125 Å². The van der Waals surface area contributed by atoms with Gasteiger partial charge in [-0.05, 0) is 18.8 Å². The zero-order valence-corrected chi connectivity index (χ0v) is 12.9. The van der Waals surface area contributed by atoms with Crippen LogP contribution in [0.2, 0.25) is 0 Å².